The standard InChI is InChI=1S/C11H8N4S/c12-9-8-3-5-16-11(8)15-10(14-9)7-2-1-4-13-6-7/h1-6H,(H2,12,14,15). The lowest BCUT2D eigenvalue weighted by atomic mass is 10.2. The number of nitrogens with two attached hydrogens (primary N) is 1. The van der Waals surface area contributed by atoms with E-state index in [-0.39, 0.29) is 0 Å². The van der Waals surface area contributed by atoms with E-state index in [0.29, 0.717) is 11.6 Å². The van der Waals surface area contributed by atoms with Crippen LogP contribution in [0.3, 0.4) is 0 Å². The number of hydrogen-bond acceptors (Lipinski definition) is 5. The van der Waals surface area contributed by atoms with E-state index < -0.39 is 0 Å². The molecule has 3 rings (SSSR count). The normalized spacial score (nSPS) is 10.8. The molecule has 0 unspecified atom stereocenters. The molecule has 0 atom stereocenters. The Labute approximate surface area is 95.8 Å². The van der Waals surface area contributed by atoms with Crippen LogP contribution in [0.4, 0.5) is 5.82 Å². The van der Waals surface area contributed by atoms with Crippen LogP contribution in [0, 0.1) is 0 Å². The lowest BCUT2D eigenvalue weighted by Gasteiger charge is -2.01. The molecule has 16 heavy (non-hydrogen) atoms. The summed E-state index contributed by atoms with van der Waals surface area (Å²) >= 11 is 1.56. The molecule has 4 nitrogen and oxygen atoms in total. The van der Waals surface area contributed by atoms with Gasteiger partial charge in [0.15, 0.2) is 5.82 Å². The first kappa shape index (κ1) is 9.23. The van der Waals surface area contributed by atoms with Gasteiger partial charge in [-0.05, 0) is 23.6 Å². The van der Waals surface area contributed by atoms with E-state index in [1.54, 1.807) is 23.7 Å². The molecule has 0 radical (unpaired) electrons. The van der Waals surface area contributed by atoms with Gasteiger partial charge < -0.3 is 5.73 Å². The molecule has 0 spiro atoms. The van der Waals surface area contributed by atoms with Crippen LogP contribution in [0.15, 0.2) is 36.0 Å². The summed E-state index contributed by atoms with van der Waals surface area (Å²) in [4.78, 5) is 13.7. The van der Waals surface area contributed by atoms with E-state index in [9.17, 15) is 0 Å². The Bertz CT molecular complexity index is 633. The van der Waals surface area contributed by atoms with Crippen LogP contribution >= 0.6 is 11.3 Å². The van der Waals surface area contributed by atoms with Gasteiger partial charge in [-0.3, -0.25) is 4.98 Å². The molecule has 0 aliphatic heterocycles. The highest BCUT2D eigenvalue weighted by molar-refractivity contribution is 7.16. The molecule has 5 heteroatoms. The van der Waals surface area contributed by atoms with Crippen LogP contribution in [0.5, 0.6) is 0 Å². The minimum Gasteiger partial charge on any atom is -0.383 e. The number of aromatic nitrogens is 3. The summed E-state index contributed by atoms with van der Waals surface area (Å²) in [6.07, 6.45) is 3.45. The second-order valence-electron chi connectivity index (χ2n) is 3.31. The summed E-state index contributed by atoms with van der Waals surface area (Å²) < 4.78 is 0. The first-order valence-corrected chi connectivity index (χ1v) is 5.64. The van der Waals surface area contributed by atoms with Crippen LogP contribution in [0.25, 0.3) is 21.6 Å². The smallest absolute Gasteiger partial charge is 0.164 e. The molecule has 0 fully saturated rings. The summed E-state index contributed by atoms with van der Waals surface area (Å²) in [5, 5.41) is 2.88. The minimum atomic E-state index is 0.519. The zero-order chi connectivity index (χ0) is 11.0. The molecule has 0 saturated carbocycles. The number of hydrogen-bond donors (Lipinski definition) is 1. The topological polar surface area (TPSA) is 64.7 Å². The fourth-order valence-electron chi connectivity index (χ4n) is 1.50. The fraction of sp³-hybridized carbons (Fsp3) is 0. The van der Waals surface area contributed by atoms with Crippen LogP contribution < -0.4 is 5.73 Å². The van der Waals surface area contributed by atoms with E-state index in [4.69, 9.17) is 5.73 Å². The quantitative estimate of drug-likeness (QED) is 0.694. The third kappa shape index (κ3) is 1.42. The number of nitrogens with zero attached hydrogens (tertiary/aromatic N) is 3. The van der Waals surface area contributed by atoms with E-state index in [1.807, 2.05) is 23.6 Å². The van der Waals surface area contributed by atoms with Crippen molar-refractivity contribution in [2.24, 2.45) is 0 Å². The van der Waals surface area contributed by atoms with Crippen molar-refractivity contribution in [1.82, 2.24) is 15.0 Å². The molecule has 2 N–H and O–H groups in total. The van der Waals surface area contributed by atoms with Gasteiger partial charge in [0.25, 0.3) is 0 Å². The maximum absolute atomic E-state index is 5.87. The Hall–Kier alpha value is -2.01. The summed E-state index contributed by atoms with van der Waals surface area (Å²) in [5.74, 6) is 1.14. The summed E-state index contributed by atoms with van der Waals surface area (Å²) in [7, 11) is 0. The zero-order valence-corrected chi connectivity index (χ0v) is 9.11. The van der Waals surface area contributed by atoms with Gasteiger partial charge in [-0.15, -0.1) is 11.3 Å². The number of pyridine rings is 1. The molecule has 0 aromatic carbocycles. The molecule has 78 valence electrons. The van der Waals surface area contributed by atoms with Crippen LogP contribution in [0.1, 0.15) is 0 Å². The van der Waals surface area contributed by atoms with E-state index in [2.05, 4.69) is 15.0 Å². The highest BCUT2D eigenvalue weighted by Gasteiger charge is 2.07. The van der Waals surface area contributed by atoms with Crippen molar-refractivity contribution in [2.75, 3.05) is 5.73 Å². The van der Waals surface area contributed by atoms with Crippen LogP contribution in [-0.4, -0.2) is 15.0 Å². The molecule has 3 heterocycles. The van der Waals surface area contributed by atoms with E-state index in [1.165, 1.54) is 0 Å². The zero-order valence-electron chi connectivity index (χ0n) is 8.29. The highest BCUT2D eigenvalue weighted by Crippen LogP contribution is 2.26. The van der Waals surface area contributed by atoms with Crippen molar-refractivity contribution >= 4 is 27.4 Å². The van der Waals surface area contributed by atoms with E-state index >= 15 is 0 Å². The van der Waals surface area contributed by atoms with Gasteiger partial charge in [-0.2, -0.15) is 0 Å². The lowest BCUT2D eigenvalue weighted by molar-refractivity contribution is 1.22. The van der Waals surface area contributed by atoms with Gasteiger partial charge in [0.05, 0.1) is 5.39 Å². The second-order valence-corrected chi connectivity index (χ2v) is 4.21. The maximum Gasteiger partial charge on any atom is 0.164 e. The third-order valence-electron chi connectivity index (χ3n) is 2.27. The third-order valence-corrected chi connectivity index (χ3v) is 3.08. The Morgan fingerprint density at radius 1 is 1.19 bits per heavy atom. The molecule has 0 saturated heterocycles. The van der Waals surface area contributed by atoms with Crippen LogP contribution in [-0.2, 0) is 0 Å². The average molecular weight is 228 g/mol. The van der Waals surface area contributed by atoms with Crippen molar-refractivity contribution < 1.29 is 0 Å². The number of fused-ring (bicyclic) bond motifs is 1. The first-order valence-electron chi connectivity index (χ1n) is 4.76. The van der Waals surface area contributed by atoms with Crippen molar-refractivity contribution in [1.29, 1.82) is 0 Å². The van der Waals surface area contributed by atoms with Gasteiger partial charge in [0.2, 0.25) is 0 Å². The largest absolute Gasteiger partial charge is 0.383 e. The predicted octanol–water partition coefficient (Wildman–Crippen LogP) is 2.34. The highest BCUT2D eigenvalue weighted by atomic mass is 32.1. The molecule has 3 aromatic heterocycles. The summed E-state index contributed by atoms with van der Waals surface area (Å²) in [6, 6.07) is 5.71. The molecule has 0 aliphatic carbocycles. The maximum atomic E-state index is 5.87. The average Bonchev–Trinajstić information content (AvgIpc) is 2.79. The number of anilines is 1. The Kier molecular flexibility index (Phi) is 2.04. The fourth-order valence-corrected chi connectivity index (χ4v) is 2.27. The summed E-state index contributed by atoms with van der Waals surface area (Å²) in [5.41, 5.74) is 6.75. The summed E-state index contributed by atoms with van der Waals surface area (Å²) in [6.45, 7) is 0. The predicted molar refractivity (Wildman–Crippen MR) is 65.1 cm³/mol. The van der Waals surface area contributed by atoms with E-state index in [0.717, 1.165) is 15.8 Å². The van der Waals surface area contributed by atoms with Gasteiger partial charge in [-0.1, -0.05) is 0 Å². The van der Waals surface area contributed by atoms with Crippen molar-refractivity contribution in [2.45, 2.75) is 0 Å². The molecular weight excluding hydrogens is 220 g/mol. The number of rotatable bonds is 1. The monoisotopic (exact) mass is 228 g/mol. The molecule has 0 aliphatic rings. The van der Waals surface area contributed by atoms with Gasteiger partial charge in [-0.25, -0.2) is 9.97 Å². The lowest BCUT2D eigenvalue weighted by Crippen LogP contribution is -1.96. The van der Waals surface area contributed by atoms with Crippen molar-refractivity contribution in [3.05, 3.63) is 36.0 Å². The number of thiophene rings is 1. The first-order chi connectivity index (χ1) is 7.84. The Balaban J connectivity index is 2.25. The Morgan fingerprint density at radius 3 is 2.94 bits per heavy atom. The van der Waals surface area contributed by atoms with Gasteiger partial charge >= 0.3 is 0 Å². The number of nitrogen functional groups attached to an aromatic ring is 1. The van der Waals surface area contributed by atoms with Crippen molar-refractivity contribution in [3.8, 4) is 11.4 Å². The minimum absolute atomic E-state index is 0.519. The SMILES string of the molecule is Nc1nc(-c2cccnc2)nc2sccc12. The molecule has 0 amide bonds. The van der Waals surface area contributed by atoms with Gasteiger partial charge in [0.1, 0.15) is 10.6 Å². The molecule has 3 aromatic rings. The second kappa shape index (κ2) is 3.53. The van der Waals surface area contributed by atoms with Gasteiger partial charge in [0, 0.05) is 18.0 Å². The molecule has 0 bridgehead atoms. The molecular formula is C11H8N4S. The Morgan fingerprint density at radius 2 is 2.12 bits per heavy atom. The van der Waals surface area contributed by atoms with Crippen LogP contribution in [0.2, 0.25) is 0 Å². The van der Waals surface area contributed by atoms with Crippen molar-refractivity contribution in [3.63, 3.8) is 0 Å².